The molecule has 0 heterocycles. The maximum atomic E-state index is 11.6. The smallest absolute Gasteiger partial charge is 0.220 e. The lowest BCUT2D eigenvalue weighted by Gasteiger charge is -2.40. The molecule has 0 radical (unpaired) electrons. The Morgan fingerprint density at radius 1 is 1.50 bits per heavy atom. The second-order valence-corrected chi connectivity index (χ2v) is 5.91. The zero-order valence-electron chi connectivity index (χ0n) is 10.9. The number of nitrogens with one attached hydrogen (secondary N) is 1. The number of hydrogen-bond donors (Lipinski definition) is 2. The van der Waals surface area contributed by atoms with E-state index in [1.165, 1.54) is 19.3 Å². The Balaban J connectivity index is 2.19. The standard InChI is InChI=1S/C13H26N2O/c1-10(14)7-8-12(16)15-9-13(2,3)11-5-4-6-11/h10-11H,4-9,14H2,1-3H3,(H,15,16). The van der Waals surface area contributed by atoms with Crippen molar-refractivity contribution in [1.82, 2.24) is 5.32 Å². The fraction of sp³-hybridized carbons (Fsp3) is 0.923. The summed E-state index contributed by atoms with van der Waals surface area (Å²) < 4.78 is 0. The Kier molecular flexibility index (Phi) is 4.78. The molecule has 94 valence electrons. The summed E-state index contributed by atoms with van der Waals surface area (Å²) in [4.78, 5) is 11.6. The maximum Gasteiger partial charge on any atom is 0.220 e. The van der Waals surface area contributed by atoms with Gasteiger partial charge in [-0.1, -0.05) is 20.3 Å². The Morgan fingerprint density at radius 3 is 2.56 bits per heavy atom. The molecule has 0 spiro atoms. The van der Waals surface area contributed by atoms with Crippen molar-refractivity contribution in [2.75, 3.05) is 6.54 Å². The van der Waals surface area contributed by atoms with Gasteiger partial charge in [-0.3, -0.25) is 4.79 Å². The minimum Gasteiger partial charge on any atom is -0.356 e. The third kappa shape index (κ3) is 4.12. The highest BCUT2D eigenvalue weighted by molar-refractivity contribution is 5.75. The fourth-order valence-corrected chi connectivity index (χ4v) is 2.11. The van der Waals surface area contributed by atoms with Crippen molar-refractivity contribution < 1.29 is 4.79 Å². The van der Waals surface area contributed by atoms with E-state index in [2.05, 4.69) is 19.2 Å². The zero-order chi connectivity index (χ0) is 12.2. The highest BCUT2D eigenvalue weighted by atomic mass is 16.1. The molecular formula is C13H26N2O. The first-order chi connectivity index (χ1) is 7.42. The van der Waals surface area contributed by atoms with Crippen LogP contribution in [0.2, 0.25) is 0 Å². The van der Waals surface area contributed by atoms with Gasteiger partial charge in [-0.25, -0.2) is 0 Å². The van der Waals surface area contributed by atoms with Crippen LogP contribution >= 0.6 is 0 Å². The number of nitrogens with two attached hydrogens (primary N) is 1. The molecule has 3 heteroatoms. The average Bonchev–Trinajstić information content (AvgIpc) is 2.08. The Hall–Kier alpha value is -0.570. The summed E-state index contributed by atoms with van der Waals surface area (Å²) in [7, 11) is 0. The summed E-state index contributed by atoms with van der Waals surface area (Å²) in [6.07, 6.45) is 5.33. The van der Waals surface area contributed by atoms with Crippen LogP contribution in [0, 0.1) is 11.3 Å². The van der Waals surface area contributed by atoms with Crippen LogP contribution in [0.5, 0.6) is 0 Å². The highest BCUT2D eigenvalue weighted by Crippen LogP contribution is 2.41. The van der Waals surface area contributed by atoms with Gasteiger partial charge in [0.2, 0.25) is 5.91 Å². The molecule has 0 saturated heterocycles. The van der Waals surface area contributed by atoms with Gasteiger partial charge in [0.1, 0.15) is 0 Å². The average molecular weight is 226 g/mol. The Labute approximate surface area is 99.2 Å². The van der Waals surface area contributed by atoms with Crippen LogP contribution in [0.15, 0.2) is 0 Å². The number of carbonyl (C=O) groups excluding carboxylic acids is 1. The van der Waals surface area contributed by atoms with Crippen LogP contribution in [0.4, 0.5) is 0 Å². The number of hydrogen-bond acceptors (Lipinski definition) is 2. The number of amides is 1. The van der Waals surface area contributed by atoms with Gasteiger partial charge in [0, 0.05) is 19.0 Å². The van der Waals surface area contributed by atoms with E-state index in [9.17, 15) is 4.79 Å². The van der Waals surface area contributed by atoms with Gasteiger partial charge in [-0.15, -0.1) is 0 Å². The van der Waals surface area contributed by atoms with Crippen LogP contribution in [0.3, 0.4) is 0 Å². The van der Waals surface area contributed by atoms with Gasteiger partial charge in [0.15, 0.2) is 0 Å². The second kappa shape index (κ2) is 5.67. The summed E-state index contributed by atoms with van der Waals surface area (Å²) >= 11 is 0. The van der Waals surface area contributed by atoms with Crippen LogP contribution in [0.1, 0.15) is 52.9 Å². The maximum absolute atomic E-state index is 11.6. The van der Waals surface area contributed by atoms with Gasteiger partial charge >= 0.3 is 0 Å². The highest BCUT2D eigenvalue weighted by Gasteiger charge is 2.33. The molecule has 1 atom stereocenters. The predicted molar refractivity (Wildman–Crippen MR) is 67.0 cm³/mol. The molecule has 1 unspecified atom stereocenters. The molecule has 1 fully saturated rings. The second-order valence-electron chi connectivity index (χ2n) is 5.91. The molecule has 1 amide bonds. The first-order valence-electron chi connectivity index (χ1n) is 6.44. The molecule has 0 aromatic rings. The Bertz CT molecular complexity index is 232. The molecular weight excluding hydrogens is 200 g/mol. The molecule has 3 nitrogen and oxygen atoms in total. The van der Waals surface area contributed by atoms with Crippen molar-refractivity contribution in [1.29, 1.82) is 0 Å². The van der Waals surface area contributed by atoms with Crippen molar-refractivity contribution in [3.8, 4) is 0 Å². The SMILES string of the molecule is CC(N)CCC(=O)NCC(C)(C)C1CCC1. The lowest BCUT2D eigenvalue weighted by atomic mass is 9.67. The summed E-state index contributed by atoms with van der Waals surface area (Å²) in [6, 6.07) is 0.116. The van der Waals surface area contributed by atoms with Crippen LogP contribution in [-0.2, 0) is 4.79 Å². The van der Waals surface area contributed by atoms with Crippen molar-refractivity contribution in [2.24, 2.45) is 17.1 Å². The monoisotopic (exact) mass is 226 g/mol. The minimum absolute atomic E-state index is 0.116. The lowest BCUT2D eigenvalue weighted by Crippen LogP contribution is -2.41. The lowest BCUT2D eigenvalue weighted by molar-refractivity contribution is -0.122. The van der Waals surface area contributed by atoms with E-state index in [1.54, 1.807) is 0 Å². The molecule has 0 aliphatic heterocycles. The van der Waals surface area contributed by atoms with E-state index >= 15 is 0 Å². The summed E-state index contributed by atoms with van der Waals surface area (Å²) in [6.45, 7) is 7.24. The zero-order valence-corrected chi connectivity index (χ0v) is 10.9. The molecule has 1 aliphatic rings. The molecule has 0 bridgehead atoms. The third-order valence-corrected chi connectivity index (χ3v) is 3.78. The van der Waals surface area contributed by atoms with Crippen LogP contribution in [-0.4, -0.2) is 18.5 Å². The number of carbonyl (C=O) groups is 1. The summed E-state index contributed by atoms with van der Waals surface area (Å²) in [5, 5.41) is 3.03. The van der Waals surface area contributed by atoms with Crippen molar-refractivity contribution in [2.45, 2.75) is 58.9 Å². The van der Waals surface area contributed by atoms with E-state index in [-0.39, 0.29) is 17.4 Å². The first kappa shape index (κ1) is 13.5. The largest absolute Gasteiger partial charge is 0.356 e. The minimum atomic E-state index is 0.116. The van der Waals surface area contributed by atoms with Crippen molar-refractivity contribution in [3.05, 3.63) is 0 Å². The molecule has 0 aromatic heterocycles. The van der Waals surface area contributed by atoms with Crippen LogP contribution in [0.25, 0.3) is 0 Å². The van der Waals surface area contributed by atoms with Crippen LogP contribution < -0.4 is 11.1 Å². The molecule has 0 aromatic carbocycles. The topological polar surface area (TPSA) is 55.1 Å². The van der Waals surface area contributed by atoms with Gasteiger partial charge in [0.05, 0.1) is 0 Å². The van der Waals surface area contributed by atoms with Gasteiger partial charge in [-0.05, 0) is 37.5 Å². The predicted octanol–water partition coefficient (Wildman–Crippen LogP) is 2.06. The summed E-state index contributed by atoms with van der Waals surface area (Å²) in [5.74, 6) is 0.936. The van der Waals surface area contributed by atoms with E-state index in [1.807, 2.05) is 6.92 Å². The summed E-state index contributed by atoms with van der Waals surface area (Å²) in [5.41, 5.74) is 5.87. The van der Waals surface area contributed by atoms with Crippen molar-refractivity contribution >= 4 is 5.91 Å². The van der Waals surface area contributed by atoms with E-state index in [0.29, 0.717) is 6.42 Å². The van der Waals surface area contributed by atoms with E-state index in [4.69, 9.17) is 5.73 Å². The van der Waals surface area contributed by atoms with E-state index in [0.717, 1.165) is 18.9 Å². The quantitative estimate of drug-likeness (QED) is 0.728. The van der Waals surface area contributed by atoms with Gasteiger partial charge < -0.3 is 11.1 Å². The first-order valence-corrected chi connectivity index (χ1v) is 6.44. The Morgan fingerprint density at radius 2 is 2.12 bits per heavy atom. The van der Waals surface area contributed by atoms with Crippen molar-refractivity contribution in [3.63, 3.8) is 0 Å². The number of rotatable bonds is 6. The van der Waals surface area contributed by atoms with Gasteiger partial charge in [0.25, 0.3) is 0 Å². The molecule has 16 heavy (non-hydrogen) atoms. The normalized spacial score (nSPS) is 19.0. The molecule has 1 rings (SSSR count). The van der Waals surface area contributed by atoms with Gasteiger partial charge in [-0.2, -0.15) is 0 Å². The molecule has 3 N–H and O–H groups in total. The molecule has 1 aliphatic carbocycles. The third-order valence-electron chi connectivity index (χ3n) is 3.78. The fourth-order valence-electron chi connectivity index (χ4n) is 2.11. The molecule has 1 saturated carbocycles. The van der Waals surface area contributed by atoms with E-state index < -0.39 is 0 Å².